The first-order valence-electron chi connectivity index (χ1n) is 19.9. The van der Waals surface area contributed by atoms with Crippen LogP contribution in [0.1, 0.15) is 87.2 Å². The van der Waals surface area contributed by atoms with Gasteiger partial charge in [0.25, 0.3) is 0 Å². The summed E-state index contributed by atoms with van der Waals surface area (Å²) in [5, 5.41) is 9.80. The van der Waals surface area contributed by atoms with Crippen molar-refractivity contribution in [3.8, 4) is 22.4 Å². The first-order chi connectivity index (χ1) is 26.3. The second kappa shape index (κ2) is 12.6. The predicted octanol–water partition coefficient (Wildman–Crippen LogP) is 14.4. The molecule has 0 N–H and O–H groups in total. The van der Waals surface area contributed by atoms with Crippen molar-refractivity contribution in [2.24, 2.45) is 0 Å². The molecule has 0 atom stereocenters. The Bertz CT molecular complexity index is 2870. The molecule has 2 aliphatic rings. The van der Waals surface area contributed by atoms with Gasteiger partial charge in [-0.1, -0.05) is 130 Å². The molecule has 9 aromatic rings. The van der Waals surface area contributed by atoms with E-state index in [1.165, 1.54) is 113 Å². The summed E-state index contributed by atoms with van der Waals surface area (Å²) in [5.74, 6) is 1.26. The van der Waals surface area contributed by atoms with Gasteiger partial charge >= 0.3 is 0 Å². The Kier molecular flexibility index (Phi) is 7.35. The molecule has 0 radical (unpaired) electrons. The Morgan fingerprint density at radius 3 is 1.91 bits per heavy atom. The van der Waals surface area contributed by atoms with Crippen molar-refractivity contribution >= 4 is 65.3 Å². The van der Waals surface area contributed by atoms with Gasteiger partial charge in [-0.05, 0) is 100 Å². The van der Waals surface area contributed by atoms with Crippen molar-refractivity contribution in [1.82, 2.24) is 9.97 Å². The minimum Gasteiger partial charge on any atom is -0.455 e. The van der Waals surface area contributed by atoms with E-state index in [2.05, 4.69) is 115 Å². The monoisotopic (exact) mass is 686 g/mol. The van der Waals surface area contributed by atoms with Crippen molar-refractivity contribution in [3.05, 3.63) is 133 Å². The van der Waals surface area contributed by atoms with Gasteiger partial charge in [-0.2, -0.15) is 0 Å². The molecule has 2 aliphatic carbocycles. The number of fused-ring (bicyclic) bond motifs is 11. The van der Waals surface area contributed by atoms with Gasteiger partial charge in [-0.15, -0.1) is 0 Å². The van der Waals surface area contributed by atoms with E-state index in [1.807, 2.05) is 6.20 Å². The smallest absolute Gasteiger partial charge is 0.143 e. The maximum absolute atomic E-state index is 6.62. The lowest BCUT2D eigenvalue weighted by Gasteiger charge is -2.23. The van der Waals surface area contributed by atoms with Crippen molar-refractivity contribution in [2.75, 3.05) is 0 Å². The molecule has 258 valence electrons. The Morgan fingerprint density at radius 2 is 1.15 bits per heavy atom. The molecule has 0 amide bonds. The van der Waals surface area contributed by atoms with Crippen molar-refractivity contribution in [3.63, 3.8) is 0 Å². The quantitative estimate of drug-likeness (QED) is 0.173. The van der Waals surface area contributed by atoms with Gasteiger partial charge in [-0.3, -0.25) is 4.98 Å². The second-order valence-electron chi connectivity index (χ2n) is 15.8. The molecular weight excluding hydrogens is 645 g/mol. The lowest BCUT2D eigenvalue weighted by molar-refractivity contribution is 0.444. The van der Waals surface area contributed by atoms with Crippen LogP contribution < -0.4 is 0 Å². The molecular formula is C50H42N2O. The molecule has 2 fully saturated rings. The maximum atomic E-state index is 6.62. The van der Waals surface area contributed by atoms with Crippen LogP contribution >= 0.6 is 0 Å². The van der Waals surface area contributed by atoms with Crippen LogP contribution in [0.15, 0.2) is 126 Å². The lowest BCUT2D eigenvalue weighted by atomic mass is 9.82. The van der Waals surface area contributed by atoms with E-state index in [0.29, 0.717) is 11.8 Å². The molecule has 7 aromatic carbocycles. The number of furan rings is 1. The summed E-state index contributed by atoms with van der Waals surface area (Å²) < 4.78 is 6.62. The summed E-state index contributed by atoms with van der Waals surface area (Å²) >= 11 is 0. The second-order valence-corrected chi connectivity index (χ2v) is 15.8. The van der Waals surface area contributed by atoms with Crippen molar-refractivity contribution < 1.29 is 4.42 Å². The van der Waals surface area contributed by atoms with Crippen LogP contribution in [0.5, 0.6) is 0 Å². The van der Waals surface area contributed by atoms with E-state index in [1.54, 1.807) is 0 Å². The van der Waals surface area contributed by atoms with E-state index >= 15 is 0 Å². The standard InChI is InChI=1S/C50H42N2O/c1-3-11-31(12-4-1)34-21-24-40-41-25-22-35(32-13-5-2-6-14-32)29-44(41)49-48(43(40)28-34)51-30-45(52-49)37-17-9-16-36(27-37)39-19-10-20-42-47-38-18-8-7-15-33(38)23-26-46(47)53-50(39)42/h7-10,15-32H,1-6,11-14H2. The number of benzene rings is 7. The highest BCUT2D eigenvalue weighted by molar-refractivity contribution is 6.24. The first kappa shape index (κ1) is 31.0. The van der Waals surface area contributed by atoms with Gasteiger partial charge in [0.05, 0.1) is 22.9 Å². The predicted molar refractivity (Wildman–Crippen MR) is 222 cm³/mol. The van der Waals surface area contributed by atoms with Crippen LogP contribution in [0.4, 0.5) is 0 Å². The number of nitrogens with zero attached hydrogens (tertiary/aromatic N) is 2. The van der Waals surface area contributed by atoms with E-state index in [9.17, 15) is 0 Å². The van der Waals surface area contributed by atoms with E-state index in [4.69, 9.17) is 14.4 Å². The van der Waals surface area contributed by atoms with Crippen LogP contribution in [0.25, 0.3) is 87.7 Å². The van der Waals surface area contributed by atoms with Crippen LogP contribution in [0.2, 0.25) is 0 Å². The van der Waals surface area contributed by atoms with Crippen molar-refractivity contribution in [2.45, 2.75) is 76.0 Å². The summed E-state index contributed by atoms with van der Waals surface area (Å²) in [7, 11) is 0. The highest BCUT2D eigenvalue weighted by Crippen LogP contribution is 2.43. The number of hydrogen-bond donors (Lipinski definition) is 0. The fraction of sp³-hybridized carbons (Fsp3) is 0.240. The summed E-state index contributed by atoms with van der Waals surface area (Å²) in [6, 6.07) is 42.6. The molecule has 11 rings (SSSR count). The highest BCUT2D eigenvalue weighted by Gasteiger charge is 2.21. The van der Waals surface area contributed by atoms with Gasteiger partial charge in [0, 0.05) is 32.7 Å². The first-order valence-corrected chi connectivity index (χ1v) is 19.9. The van der Waals surface area contributed by atoms with Crippen LogP contribution in [-0.2, 0) is 0 Å². The number of hydrogen-bond acceptors (Lipinski definition) is 3. The van der Waals surface area contributed by atoms with Gasteiger partial charge < -0.3 is 4.42 Å². The zero-order valence-corrected chi connectivity index (χ0v) is 30.1. The van der Waals surface area contributed by atoms with E-state index < -0.39 is 0 Å². The zero-order valence-electron chi connectivity index (χ0n) is 30.1. The minimum absolute atomic E-state index is 0.624. The van der Waals surface area contributed by atoms with Gasteiger partial charge in [0.2, 0.25) is 0 Å². The molecule has 0 bridgehead atoms. The molecule has 0 spiro atoms. The molecule has 0 saturated heterocycles. The molecule has 0 aliphatic heterocycles. The third-order valence-corrected chi connectivity index (χ3v) is 12.7. The number of aromatic nitrogens is 2. The Balaban J connectivity index is 1.08. The molecule has 3 nitrogen and oxygen atoms in total. The summed E-state index contributed by atoms with van der Waals surface area (Å²) in [4.78, 5) is 10.8. The lowest BCUT2D eigenvalue weighted by Crippen LogP contribution is -2.05. The molecule has 2 heterocycles. The SMILES string of the molecule is c1cc(-c2cnc3c4cc(C5CCCCC5)ccc4c4ccc(C5CCCCC5)cc4c3n2)cc(-c2cccc3c2oc2ccc4ccccc4c23)c1. The number of rotatable bonds is 4. The van der Waals surface area contributed by atoms with Crippen LogP contribution in [0, 0.1) is 0 Å². The minimum atomic E-state index is 0.624. The van der Waals surface area contributed by atoms with Crippen LogP contribution in [0.3, 0.4) is 0 Å². The zero-order chi connectivity index (χ0) is 34.9. The summed E-state index contributed by atoms with van der Waals surface area (Å²) in [5.41, 5.74) is 10.9. The molecule has 2 saturated carbocycles. The summed E-state index contributed by atoms with van der Waals surface area (Å²) in [6.07, 6.45) is 15.1. The Hall–Kier alpha value is -5.54. The Labute approximate surface area is 309 Å². The molecule has 53 heavy (non-hydrogen) atoms. The fourth-order valence-electron chi connectivity index (χ4n) is 9.92. The maximum Gasteiger partial charge on any atom is 0.143 e. The normalized spacial score (nSPS) is 16.2. The third kappa shape index (κ3) is 5.16. The molecule has 0 unspecified atom stereocenters. The topological polar surface area (TPSA) is 38.9 Å². The Morgan fingerprint density at radius 1 is 0.491 bits per heavy atom. The molecule has 2 aromatic heterocycles. The van der Waals surface area contributed by atoms with Crippen LogP contribution in [-0.4, -0.2) is 9.97 Å². The average molecular weight is 687 g/mol. The largest absolute Gasteiger partial charge is 0.455 e. The third-order valence-electron chi connectivity index (χ3n) is 12.7. The highest BCUT2D eigenvalue weighted by atomic mass is 16.3. The average Bonchev–Trinajstić information content (AvgIpc) is 3.63. The fourth-order valence-corrected chi connectivity index (χ4v) is 9.92. The van der Waals surface area contributed by atoms with E-state index in [0.717, 1.165) is 50.0 Å². The van der Waals surface area contributed by atoms with Gasteiger partial charge in [0.15, 0.2) is 0 Å². The molecule has 3 heteroatoms. The number of para-hydroxylation sites is 1. The van der Waals surface area contributed by atoms with Gasteiger partial charge in [-0.25, -0.2) is 4.98 Å². The summed E-state index contributed by atoms with van der Waals surface area (Å²) in [6.45, 7) is 0. The van der Waals surface area contributed by atoms with E-state index in [-0.39, 0.29) is 0 Å². The van der Waals surface area contributed by atoms with Gasteiger partial charge in [0.1, 0.15) is 11.2 Å². The van der Waals surface area contributed by atoms with Crippen molar-refractivity contribution in [1.29, 1.82) is 0 Å².